The Bertz CT molecular complexity index is 405. The monoisotopic (exact) mass is 285 g/mol. The molecule has 3 heteroatoms. The Balaban J connectivity index is 2.23. The van der Waals surface area contributed by atoms with Crippen molar-refractivity contribution in [1.82, 2.24) is 0 Å². The predicted molar refractivity (Wildman–Crippen MR) is 79.4 cm³/mol. The number of halogens is 2. The Morgan fingerprint density at radius 1 is 1.22 bits per heavy atom. The van der Waals surface area contributed by atoms with Crippen molar-refractivity contribution in [2.75, 3.05) is 6.54 Å². The molecule has 1 aromatic carbocycles. The Morgan fingerprint density at radius 3 is 2.61 bits per heavy atom. The molecule has 1 aromatic rings. The van der Waals surface area contributed by atoms with Crippen molar-refractivity contribution in [2.45, 2.75) is 38.5 Å². The van der Waals surface area contributed by atoms with E-state index in [0.29, 0.717) is 21.9 Å². The lowest BCUT2D eigenvalue weighted by Gasteiger charge is -2.35. The van der Waals surface area contributed by atoms with Crippen LogP contribution in [0, 0.1) is 11.8 Å². The first kappa shape index (κ1) is 14.2. The molecular formula is C15H21Cl2N. The van der Waals surface area contributed by atoms with E-state index < -0.39 is 0 Å². The van der Waals surface area contributed by atoms with Crippen LogP contribution in [0.15, 0.2) is 18.2 Å². The average molecular weight is 286 g/mol. The Hall–Kier alpha value is -0.240. The minimum absolute atomic E-state index is 0.545. The third-order valence-corrected chi connectivity index (χ3v) is 5.09. The van der Waals surface area contributed by atoms with Gasteiger partial charge in [-0.15, -0.1) is 0 Å². The smallest absolute Gasteiger partial charge is 0.0595 e. The van der Waals surface area contributed by atoms with Crippen molar-refractivity contribution in [3.63, 3.8) is 0 Å². The summed E-state index contributed by atoms with van der Waals surface area (Å²) in [5.41, 5.74) is 7.23. The lowest BCUT2D eigenvalue weighted by molar-refractivity contribution is 0.236. The number of nitrogens with two attached hydrogens (primary N) is 1. The van der Waals surface area contributed by atoms with Gasteiger partial charge < -0.3 is 5.73 Å². The maximum absolute atomic E-state index is 6.13. The van der Waals surface area contributed by atoms with Gasteiger partial charge in [-0.05, 0) is 54.8 Å². The molecule has 0 spiro atoms. The molecule has 2 N–H and O–H groups in total. The van der Waals surface area contributed by atoms with Crippen molar-refractivity contribution in [1.29, 1.82) is 0 Å². The largest absolute Gasteiger partial charge is 0.330 e. The molecular weight excluding hydrogens is 265 g/mol. The summed E-state index contributed by atoms with van der Waals surface area (Å²) in [4.78, 5) is 0. The SMILES string of the molecule is CCC1CCC(CN)C(c2ccc(Cl)c(Cl)c2)C1. The molecule has 1 nitrogen and oxygen atoms in total. The second kappa shape index (κ2) is 6.27. The van der Waals surface area contributed by atoms with Crippen LogP contribution in [0.4, 0.5) is 0 Å². The molecule has 18 heavy (non-hydrogen) atoms. The van der Waals surface area contributed by atoms with Gasteiger partial charge in [0.05, 0.1) is 10.0 Å². The molecule has 2 rings (SSSR count). The second-order valence-electron chi connectivity index (χ2n) is 5.36. The molecule has 100 valence electrons. The van der Waals surface area contributed by atoms with Gasteiger partial charge >= 0.3 is 0 Å². The van der Waals surface area contributed by atoms with E-state index in [2.05, 4.69) is 13.0 Å². The van der Waals surface area contributed by atoms with Gasteiger partial charge in [-0.25, -0.2) is 0 Å². The van der Waals surface area contributed by atoms with Crippen LogP contribution < -0.4 is 5.73 Å². The van der Waals surface area contributed by atoms with E-state index in [1.807, 2.05) is 12.1 Å². The fourth-order valence-corrected chi connectivity index (χ4v) is 3.43. The zero-order valence-electron chi connectivity index (χ0n) is 10.8. The first-order valence-electron chi connectivity index (χ1n) is 6.80. The molecule has 3 atom stereocenters. The highest BCUT2D eigenvalue weighted by Crippen LogP contribution is 2.42. The first-order chi connectivity index (χ1) is 8.65. The molecule has 0 saturated heterocycles. The summed E-state index contributed by atoms with van der Waals surface area (Å²) >= 11 is 12.1. The summed E-state index contributed by atoms with van der Waals surface area (Å²) in [6.45, 7) is 3.04. The maximum Gasteiger partial charge on any atom is 0.0595 e. The van der Waals surface area contributed by atoms with Gasteiger partial charge in [0, 0.05) is 0 Å². The van der Waals surface area contributed by atoms with Crippen molar-refractivity contribution >= 4 is 23.2 Å². The van der Waals surface area contributed by atoms with Crippen LogP contribution in [0.5, 0.6) is 0 Å². The summed E-state index contributed by atoms with van der Waals surface area (Å²) in [7, 11) is 0. The van der Waals surface area contributed by atoms with Crippen LogP contribution in [-0.2, 0) is 0 Å². The highest BCUT2D eigenvalue weighted by atomic mass is 35.5. The van der Waals surface area contributed by atoms with Gasteiger partial charge in [0.2, 0.25) is 0 Å². The summed E-state index contributed by atoms with van der Waals surface area (Å²) in [5, 5.41) is 1.29. The van der Waals surface area contributed by atoms with E-state index in [0.717, 1.165) is 12.5 Å². The van der Waals surface area contributed by atoms with Crippen LogP contribution in [0.25, 0.3) is 0 Å². The third kappa shape index (κ3) is 3.01. The van der Waals surface area contributed by atoms with Crippen LogP contribution in [0.1, 0.15) is 44.1 Å². The molecule has 0 radical (unpaired) electrons. The van der Waals surface area contributed by atoms with Crippen molar-refractivity contribution in [2.24, 2.45) is 17.6 Å². The predicted octanol–water partition coefficient (Wildman–Crippen LogP) is 4.86. The van der Waals surface area contributed by atoms with Gasteiger partial charge in [0.25, 0.3) is 0 Å². The molecule has 0 bridgehead atoms. The van der Waals surface area contributed by atoms with E-state index in [1.165, 1.54) is 31.2 Å². The lowest BCUT2D eigenvalue weighted by atomic mass is 9.70. The Kier molecular flexibility index (Phi) is 4.94. The Morgan fingerprint density at radius 2 is 2.00 bits per heavy atom. The molecule has 1 aliphatic carbocycles. The third-order valence-electron chi connectivity index (χ3n) is 4.35. The molecule has 0 amide bonds. The van der Waals surface area contributed by atoms with Gasteiger partial charge in [-0.2, -0.15) is 0 Å². The van der Waals surface area contributed by atoms with Crippen molar-refractivity contribution in [3.05, 3.63) is 33.8 Å². The number of rotatable bonds is 3. The van der Waals surface area contributed by atoms with Crippen molar-refractivity contribution < 1.29 is 0 Å². The molecule has 1 fully saturated rings. The molecule has 0 aromatic heterocycles. The van der Waals surface area contributed by atoms with Gasteiger partial charge in [0.15, 0.2) is 0 Å². The summed E-state index contributed by atoms with van der Waals surface area (Å²) < 4.78 is 0. The highest BCUT2D eigenvalue weighted by Gasteiger charge is 2.30. The van der Waals surface area contributed by atoms with E-state index in [9.17, 15) is 0 Å². The van der Waals surface area contributed by atoms with E-state index in [4.69, 9.17) is 28.9 Å². The topological polar surface area (TPSA) is 26.0 Å². The van der Waals surface area contributed by atoms with Crippen LogP contribution in [-0.4, -0.2) is 6.54 Å². The molecule has 0 heterocycles. The maximum atomic E-state index is 6.13. The van der Waals surface area contributed by atoms with Crippen molar-refractivity contribution in [3.8, 4) is 0 Å². The molecule has 1 aliphatic rings. The lowest BCUT2D eigenvalue weighted by Crippen LogP contribution is -2.28. The average Bonchev–Trinajstić information content (AvgIpc) is 2.41. The van der Waals surface area contributed by atoms with Crippen LogP contribution >= 0.6 is 23.2 Å². The van der Waals surface area contributed by atoms with Crippen LogP contribution in [0.2, 0.25) is 10.0 Å². The first-order valence-corrected chi connectivity index (χ1v) is 7.56. The van der Waals surface area contributed by atoms with E-state index in [1.54, 1.807) is 0 Å². The number of hydrogen-bond donors (Lipinski definition) is 1. The Labute approximate surface area is 120 Å². The van der Waals surface area contributed by atoms with Gasteiger partial charge in [-0.3, -0.25) is 0 Å². The van der Waals surface area contributed by atoms with E-state index >= 15 is 0 Å². The fourth-order valence-electron chi connectivity index (χ4n) is 3.12. The quantitative estimate of drug-likeness (QED) is 0.843. The van der Waals surface area contributed by atoms with Crippen LogP contribution in [0.3, 0.4) is 0 Å². The highest BCUT2D eigenvalue weighted by molar-refractivity contribution is 6.42. The summed E-state index contributed by atoms with van der Waals surface area (Å²) in [5.74, 6) is 1.96. The van der Waals surface area contributed by atoms with Gasteiger partial charge in [0.1, 0.15) is 0 Å². The number of hydrogen-bond acceptors (Lipinski definition) is 1. The normalized spacial score (nSPS) is 28.3. The fraction of sp³-hybridized carbons (Fsp3) is 0.600. The zero-order valence-corrected chi connectivity index (χ0v) is 12.3. The van der Waals surface area contributed by atoms with E-state index in [-0.39, 0.29) is 0 Å². The molecule has 3 unspecified atom stereocenters. The number of benzene rings is 1. The minimum atomic E-state index is 0.545. The molecule has 0 aliphatic heterocycles. The summed E-state index contributed by atoms with van der Waals surface area (Å²) in [6, 6.07) is 6.04. The minimum Gasteiger partial charge on any atom is -0.330 e. The standard InChI is InChI=1S/C15H21Cl2N/c1-2-10-3-4-12(9-18)13(7-10)11-5-6-14(16)15(17)8-11/h5-6,8,10,12-13H,2-4,7,9,18H2,1H3. The van der Waals surface area contributed by atoms with Gasteiger partial charge in [-0.1, -0.05) is 49.0 Å². The summed E-state index contributed by atoms with van der Waals surface area (Å²) in [6.07, 6.45) is 5.04. The second-order valence-corrected chi connectivity index (χ2v) is 6.18. The zero-order chi connectivity index (χ0) is 13.1. The molecule has 1 saturated carbocycles.